The highest BCUT2D eigenvalue weighted by molar-refractivity contribution is 7.99. The molecule has 1 heterocycles. The molecule has 0 atom stereocenters. The lowest BCUT2D eigenvalue weighted by molar-refractivity contribution is 0.565. The van der Waals surface area contributed by atoms with Crippen LogP contribution in [0.15, 0.2) is 28.1 Å². The Kier molecular flexibility index (Phi) is 3.76. The van der Waals surface area contributed by atoms with E-state index in [1.54, 1.807) is 0 Å². The highest BCUT2D eigenvalue weighted by Gasteiger charge is 2.11. The van der Waals surface area contributed by atoms with Crippen molar-refractivity contribution in [1.29, 1.82) is 0 Å². The minimum atomic E-state index is -0.708. The number of benzene rings is 1. The maximum atomic E-state index is 13.4. The molecule has 1 aromatic carbocycles. The second-order valence-electron chi connectivity index (χ2n) is 2.85. The lowest BCUT2D eigenvalue weighted by atomic mass is 10.3. The van der Waals surface area contributed by atoms with E-state index in [4.69, 9.17) is 23.2 Å². The van der Waals surface area contributed by atoms with E-state index in [0.717, 1.165) is 23.9 Å². The van der Waals surface area contributed by atoms with Gasteiger partial charge in [-0.15, -0.1) is 10.2 Å². The first-order chi connectivity index (χ1) is 8.06. The summed E-state index contributed by atoms with van der Waals surface area (Å²) < 4.78 is 26.1. The van der Waals surface area contributed by atoms with Crippen molar-refractivity contribution in [3.05, 3.63) is 40.3 Å². The van der Waals surface area contributed by atoms with Crippen LogP contribution >= 0.6 is 35.0 Å². The zero-order valence-corrected chi connectivity index (χ0v) is 10.3. The highest BCUT2D eigenvalue weighted by Crippen LogP contribution is 2.32. The van der Waals surface area contributed by atoms with Crippen molar-refractivity contribution >= 4 is 35.0 Å². The summed E-state index contributed by atoms with van der Waals surface area (Å²) in [6.45, 7) is 0. The van der Waals surface area contributed by atoms with Gasteiger partial charge in [-0.3, -0.25) is 0 Å². The van der Waals surface area contributed by atoms with Gasteiger partial charge in [0.15, 0.2) is 5.15 Å². The molecule has 0 aliphatic carbocycles. The Balaban J connectivity index is 2.34. The molecule has 0 aliphatic rings. The van der Waals surface area contributed by atoms with Crippen LogP contribution in [0, 0.1) is 11.6 Å². The first-order valence-corrected chi connectivity index (χ1v) is 5.82. The van der Waals surface area contributed by atoms with E-state index in [9.17, 15) is 8.78 Å². The molecular weight excluding hydrogens is 291 g/mol. The molecule has 0 N–H and O–H groups in total. The monoisotopic (exact) mass is 293 g/mol. The van der Waals surface area contributed by atoms with Gasteiger partial charge in [0, 0.05) is 11.0 Å². The zero-order chi connectivity index (χ0) is 12.4. The van der Waals surface area contributed by atoms with E-state index in [1.165, 1.54) is 6.07 Å². The van der Waals surface area contributed by atoms with Crippen molar-refractivity contribution in [3.63, 3.8) is 0 Å². The smallest absolute Gasteiger partial charge is 0.207 e. The lowest BCUT2D eigenvalue weighted by Gasteiger charge is -2.03. The predicted octanol–water partition coefficient (Wildman–Crippen LogP) is 3.61. The van der Waals surface area contributed by atoms with Crippen LogP contribution in [0.1, 0.15) is 0 Å². The van der Waals surface area contributed by atoms with Crippen molar-refractivity contribution in [3.8, 4) is 0 Å². The summed E-state index contributed by atoms with van der Waals surface area (Å²) >= 11 is 12.1. The minimum Gasteiger partial charge on any atom is -0.207 e. The lowest BCUT2D eigenvalue weighted by Crippen LogP contribution is -1.92. The first kappa shape index (κ1) is 12.5. The van der Waals surface area contributed by atoms with Crippen LogP contribution in [0.25, 0.3) is 0 Å². The fourth-order valence-electron chi connectivity index (χ4n) is 1.01. The number of halogens is 4. The Hall–Kier alpha value is -0.980. The van der Waals surface area contributed by atoms with Crippen molar-refractivity contribution in [2.45, 2.75) is 9.92 Å². The largest absolute Gasteiger partial charge is 0.244 e. The van der Waals surface area contributed by atoms with Crippen LogP contribution in [0.3, 0.4) is 0 Å². The summed E-state index contributed by atoms with van der Waals surface area (Å²) in [5.74, 6) is -1.36. The number of aromatic nitrogens is 3. The average molecular weight is 294 g/mol. The molecule has 17 heavy (non-hydrogen) atoms. The molecule has 0 amide bonds. The summed E-state index contributed by atoms with van der Waals surface area (Å²) in [5.41, 5.74) is 0. The van der Waals surface area contributed by atoms with E-state index < -0.39 is 11.6 Å². The number of hydrogen-bond acceptors (Lipinski definition) is 4. The SMILES string of the molecule is Fc1ccc(Sc2nc(Cl)nnc2Cl)c(F)c1. The van der Waals surface area contributed by atoms with Crippen molar-refractivity contribution in [2.75, 3.05) is 0 Å². The molecule has 2 aromatic rings. The summed E-state index contributed by atoms with van der Waals surface area (Å²) in [4.78, 5) is 3.97. The standard InChI is InChI=1S/C9H3Cl2F2N3S/c10-7-8(14-9(11)16-15-7)17-6-2-1-4(12)3-5(6)13/h1-3H. The molecule has 0 saturated heterocycles. The van der Waals surface area contributed by atoms with E-state index in [0.29, 0.717) is 0 Å². The molecule has 0 fully saturated rings. The third kappa shape index (κ3) is 3.02. The molecule has 88 valence electrons. The first-order valence-electron chi connectivity index (χ1n) is 4.25. The molecule has 0 unspecified atom stereocenters. The van der Waals surface area contributed by atoms with Gasteiger partial charge in [-0.1, -0.05) is 23.4 Å². The Morgan fingerprint density at radius 1 is 1.12 bits per heavy atom. The van der Waals surface area contributed by atoms with Gasteiger partial charge in [-0.05, 0) is 23.7 Å². The van der Waals surface area contributed by atoms with Gasteiger partial charge in [0.05, 0.1) is 0 Å². The molecule has 1 aromatic heterocycles. The van der Waals surface area contributed by atoms with Crippen molar-refractivity contribution in [2.24, 2.45) is 0 Å². The van der Waals surface area contributed by atoms with Gasteiger partial charge in [-0.25, -0.2) is 13.8 Å². The van der Waals surface area contributed by atoms with Gasteiger partial charge in [0.1, 0.15) is 16.7 Å². The number of hydrogen-bond donors (Lipinski definition) is 0. The summed E-state index contributed by atoms with van der Waals surface area (Å²) in [5, 5.41) is 7.06. The molecule has 0 saturated carbocycles. The predicted molar refractivity (Wildman–Crippen MR) is 60.3 cm³/mol. The fraction of sp³-hybridized carbons (Fsp3) is 0. The molecule has 8 heteroatoms. The molecule has 0 spiro atoms. The fourth-order valence-corrected chi connectivity index (χ4v) is 2.13. The van der Waals surface area contributed by atoms with Gasteiger partial charge in [-0.2, -0.15) is 0 Å². The van der Waals surface area contributed by atoms with E-state index in [1.807, 2.05) is 0 Å². The van der Waals surface area contributed by atoms with Crippen LogP contribution in [-0.4, -0.2) is 15.2 Å². The molecule has 0 bridgehead atoms. The van der Waals surface area contributed by atoms with E-state index in [-0.39, 0.29) is 20.4 Å². The van der Waals surface area contributed by atoms with Crippen LogP contribution in [0.4, 0.5) is 8.78 Å². The molecule has 2 rings (SSSR count). The minimum absolute atomic E-state index is 0.00289. The third-order valence-corrected chi connectivity index (χ3v) is 3.25. The molecule has 0 radical (unpaired) electrons. The molecule has 0 aliphatic heterocycles. The number of nitrogens with zero attached hydrogens (tertiary/aromatic N) is 3. The summed E-state index contributed by atoms with van der Waals surface area (Å²) in [7, 11) is 0. The molecular formula is C9H3Cl2F2N3S. The Labute approximate surface area is 109 Å². The van der Waals surface area contributed by atoms with Crippen LogP contribution in [0.2, 0.25) is 10.4 Å². The van der Waals surface area contributed by atoms with Crippen LogP contribution < -0.4 is 0 Å². The topological polar surface area (TPSA) is 38.7 Å². The maximum Gasteiger partial charge on any atom is 0.244 e. The number of rotatable bonds is 2. The van der Waals surface area contributed by atoms with Crippen molar-refractivity contribution in [1.82, 2.24) is 15.2 Å². The summed E-state index contributed by atoms with van der Waals surface area (Å²) in [6.07, 6.45) is 0. The maximum absolute atomic E-state index is 13.4. The third-order valence-electron chi connectivity index (χ3n) is 1.69. The van der Waals surface area contributed by atoms with E-state index >= 15 is 0 Å². The van der Waals surface area contributed by atoms with Gasteiger partial charge < -0.3 is 0 Å². The van der Waals surface area contributed by atoms with Gasteiger partial charge in [0.2, 0.25) is 5.28 Å². The van der Waals surface area contributed by atoms with Crippen LogP contribution in [0.5, 0.6) is 0 Å². The average Bonchev–Trinajstić information content (AvgIpc) is 2.27. The highest BCUT2D eigenvalue weighted by atomic mass is 35.5. The van der Waals surface area contributed by atoms with Gasteiger partial charge in [0.25, 0.3) is 0 Å². The Bertz CT molecular complexity index is 568. The normalized spacial score (nSPS) is 10.6. The second kappa shape index (κ2) is 5.12. The zero-order valence-electron chi connectivity index (χ0n) is 7.99. The van der Waals surface area contributed by atoms with Crippen LogP contribution in [-0.2, 0) is 0 Å². The Morgan fingerprint density at radius 2 is 1.88 bits per heavy atom. The summed E-state index contributed by atoms with van der Waals surface area (Å²) in [6, 6.07) is 3.18. The Morgan fingerprint density at radius 3 is 2.59 bits per heavy atom. The van der Waals surface area contributed by atoms with Gasteiger partial charge >= 0.3 is 0 Å². The molecule has 3 nitrogen and oxygen atoms in total. The van der Waals surface area contributed by atoms with Crippen molar-refractivity contribution < 1.29 is 8.78 Å². The quantitative estimate of drug-likeness (QED) is 0.848. The van der Waals surface area contributed by atoms with E-state index in [2.05, 4.69) is 15.2 Å². The second-order valence-corrected chi connectivity index (χ2v) is 4.58.